The molecule has 0 aliphatic carbocycles. The molecule has 0 fully saturated rings. The Morgan fingerprint density at radius 3 is 2.36 bits per heavy atom. The lowest BCUT2D eigenvalue weighted by molar-refractivity contribution is 0.582. The Morgan fingerprint density at radius 2 is 1.68 bits per heavy atom. The highest BCUT2D eigenvalue weighted by Gasteiger charge is 2.15. The van der Waals surface area contributed by atoms with Gasteiger partial charge in [-0.25, -0.2) is 17.5 Å². The summed E-state index contributed by atoms with van der Waals surface area (Å²) >= 11 is 5.62. The standard InChI is InChI=1S/C17H16ClFN6O2S/c18-14-11-13(1-2-15(14)19)28(26,27)22-10-9-21-16-3-4-17(25-24-16)23-12-5-7-20-8-6-12/h1-8,11,22H,9-10H2,(H,21,24)(H,20,23,25). The zero-order chi connectivity index (χ0) is 20.0. The molecule has 3 aromatic rings. The summed E-state index contributed by atoms with van der Waals surface area (Å²) in [5, 5.41) is 13.8. The third-order valence-corrected chi connectivity index (χ3v) is 5.29. The zero-order valence-corrected chi connectivity index (χ0v) is 16.0. The second kappa shape index (κ2) is 8.91. The van der Waals surface area contributed by atoms with E-state index in [0.717, 1.165) is 23.9 Å². The van der Waals surface area contributed by atoms with Crippen LogP contribution in [0.2, 0.25) is 5.02 Å². The quantitative estimate of drug-likeness (QED) is 0.479. The van der Waals surface area contributed by atoms with Crippen molar-refractivity contribution in [2.75, 3.05) is 23.7 Å². The molecule has 0 aliphatic heterocycles. The summed E-state index contributed by atoms with van der Waals surface area (Å²) in [6, 6.07) is 10.3. The molecule has 0 atom stereocenters. The first-order valence-electron chi connectivity index (χ1n) is 8.13. The van der Waals surface area contributed by atoms with Gasteiger partial charge in [0, 0.05) is 31.2 Å². The fourth-order valence-electron chi connectivity index (χ4n) is 2.18. The Morgan fingerprint density at radius 1 is 0.964 bits per heavy atom. The first-order valence-corrected chi connectivity index (χ1v) is 9.99. The molecule has 8 nitrogen and oxygen atoms in total. The van der Waals surface area contributed by atoms with E-state index in [4.69, 9.17) is 11.6 Å². The summed E-state index contributed by atoms with van der Waals surface area (Å²) in [4.78, 5) is 3.82. The van der Waals surface area contributed by atoms with E-state index < -0.39 is 15.8 Å². The molecule has 1 aromatic carbocycles. The van der Waals surface area contributed by atoms with E-state index in [9.17, 15) is 12.8 Å². The molecule has 0 amide bonds. The molecule has 11 heteroatoms. The lowest BCUT2D eigenvalue weighted by Crippen LogP contribution is -2.29. The highest BCUT2D eigenvalue weighted by atomic mass is 35.5. The maximum absolute atomic E-state index is 13.2. The van der Waals surface area contributed by atoms with Gasteiger partial charge in [0.2, 0.25) is 10.0 Å². The lowest BCUT2D eigenvalue weighted by Gasteiger charge is -2.09. The summed E-state index contributed by atoms with van der Waals surface area (Å²) < 4.78 is 39.9. The highest BCUT2D eigenvalue weighted by molar-refractivity contribution is 7.89. The zero-order valence-electron chi connectivity index (χ0n) is 14.4. The summed E-state index contributed by atoms with van der Waals surface area (Å²) in [6.07, 6.45) is 3.32. The molecule has 0 aliphatic rings. The molecule has 0 radical (unpaired) electrons. The fraction of sp³-hybridized carbons (Fsp3) is 0.118. The van der Waals surface area contributed by atoms with Gasteiger partial charge in [-0.3, -0.25) is 4.98 Å². The van der Waals surface area contributed by atoms with Crippen molar-refractivity contribution in [1.82, 2.24) is 19.9 Å². The van der Waals surface area contributed by atoms with Gasteiger partial charge in [0.1, 0.15) is 11.6 Å². The summed E-state index contributed by atoms with van der Waals surface area (Å²) in [5.74, 6) is 0.373. The first-order chi connectivity index (χ1) is 13.4. The molecule has 0 bridgehead atoms. The van der Waals surface area contributed by atoms with Crippen molar-refractivity contribution in [3.8, 4) is 0 Å². The van der Waals surface area contributed by atoms with Gasteiger partial charge in [0.05, 0.1) is 9.92 Å². The minimum atomic E-state index is -3.79. The summed E-state index contributed by atoms with van der Waals surface area (Å²) in [6.45, 7) is 0.371. The third kappa shape index (κ3) is 5.35. The minimum Gasteiger partial charge on any atom is -0.367 e. The summed E-state index contributed by atoms with van der Waals surface area (Å²) in [7, 11) is -3.79. The van der Waals surface area contributed by atoms with Crippen LogP contribution in [0.15, 0.2) is 59.8 Å². The van der Waals surface area contributed by atoms with Gasteiger partial charge in [-0.1, -0.05) is 11.6 Å². The number of aromatic nitrogens is 3. The number of nitrogens with one attached hydrogen (secondary N) is 3. The number of halogens is 2. The van der Waals surface area contributed by atoms with Gasteiger partial charge >= 0.3 is 0 Å². The highest BCUT2D eigenvalue weighted by Crippen LogP contribution is 2.19. The van der Waals surface area contributed by atoms with Crippen LogP contribution in [-0.2, 0) is 10.0 Å². The van der Waals surface area contributed by atoms with Crippen molar-refractivity contribution in [1.29, 1.82) is 0 Å². The number of sulfonamides is 1. The van der Waals surface area contributed by atoms with Crippen LogP contribution in [0.5, 0.6) is 0 Å². The van der Waals surface area contributed by atoms with Crippen molar-refractivity contribution in [3.63, 3.8) is 0 Å². The first kappa shape index (κ1) is 19.9. The second-order valence-electron chi connectivity index (χ2n) is 5.57. The van der Waals surface area contributed by atoms with Crippen LogP contribution < -0.4 is 15.4 Å². The van der Waals surface area contributed by atoms with Crippen LogP contribution in [0.25, 0.3) is 0 Å². The maximum atomic E-state index is 13.2. The summed E-state index contributed by atoms with van der Waals surface area (Å²) in [5.41, 5.74) is 0.834. The molecule has 0 spiro atoms. The number of anilines is 3. The van der Waals surface area contributed by atoms with Gasteiger partial charge in [0.25, 0.3) is 0 Å². The lowest BCUT2D eigenvalue weighted by atomic mass is 10.3. The Kier molecular flexibility index (Phi) is 6.34. The van der Waals surface area contributed by atoms with Crippen molar-refractivity contribution in [3.05, 3.63) is 65.7 Å². The Labute approximate surface area is 166 Å². The second-order valence-corrected chi connectivity index (χ2v) is 7.74. The smallest absolute Gasteiger partial charge is 0.240 e. The molecule has 3 N–H and O–H groups in total. The Balaban J connectivity index is 1.49. The molecule has 0 unspecified atom stereocenters. The van der Waals surface area contributed by atoms with E-state index in [2.05, 4.69) is 30.5 Å². The monoisotopic (exact) mass is 422 g/mol. The van der Waals surface area contributed by atoms with Gasteiger partial charge < -0.3 is 10.6 Å². The number of hydrogen-bond donors (Lipinski definition) is 3. The van der Waals surface area contributed by atoms with Crippen LogP contribution in [0.1, 0.15) is 0 Å². The van der Waals surface area contributed by atoms with E-state index in [0.29, 0.717) is 11.6 Å². The van der Waals surface area contributed by atoms with Gasteiger partial charge in [-0.2, -0.15) is 0 Å². The van der Waals surface area contributed by atoms with Crippen LogP contribution in [0.4, 0.5) is 21.7 Å². The van der Waals surface area contributed by atoms with Crippen LogP contribution in [0, 0.1) is 5.82 Å². The molecule has 0 saturated carbocycles. The average Bonchev–Trinajstić information content (AvgIpc) is 2.69. The average molecular weight is 423 g/mol. The number of rotatable bonds is 8. The van der Waals surface area contributed by atoms with Gasteiger partial charge in [0.15, 0.2) is 5.82 Å². The van der Waals surface area contributed by atoms with Crippen molar-refractivity contribution < 1.29 is 12.8 Å². The molecule has 2 aromatic heterocycles. The maximum Gasteiger partial charge on any atom is 0.240 e. The van der Waals surface area contributed by atoms with E-state index >= 15 is 0 Å². The molecule has 2 heterocycles. The van der Waals surface area contributed by atoms with Crippen LogP contribution in [-0.4, -0.2) is 36.7 Å². The largest absolute Gasteiger partial charge is 0.367 e. The topological polar surface area (TPSA) is 109 Å². The predicted molar refractivity (Wildman–Crippen MR) is 105 cm³/mol. The number of benzene rings is 1. The molecule has 146 valence electrons. The minimum absolute atomic E-state index is 0.0933. The van der Waals surface area contributed by atoms with Gasteiger partial charge in [-0.05, 0) is 42.5 Å². The van der Waals surface area contributed by atoms with Crippen molar-refractivity contribution in [2.24, 2.45) is 0 Å². The predicted octanol–water partition coefficient (Wildman–Crippen LogP) is 2.80. The van der Waals surface area contributed by atoms with Crippen LogP contribution in [0.3, 0.4) is 0 Å². The van der Waals surface area contributed by atoms with Crippen LogP contribution >= 0.6 is 11.6 Å². The SMILES string of the molecule is O=S(=O)(NCCNc1ccc(Nc2ccncc2)nn1)c1ccc(F)c(Cl)c1. The van der Waals surface area contributed by atoms with Crippen molar-refractivity contribution in [2.45, 2.75) is 4.90 Å². The van der Waals surface area contributed by atoms with E-state index in [1.165, 1.54) is 0 Å². The van der Waals surface area contributed by atoms with E-state index in [1.807, 2.05) is 0 Å². The number of pyridine rings is 1. The number of nitrogens with zero attached hydrogens (tertiary/aromatic N) is 3. The Hall–Kier alpha value is -2.82. The third-order valence-electron chi connectivity index (χ3n) is 3.54. The van der Waals surface area contributed by atoms with E-state index in [-0.39, 0.29) is 23.0 Å². The Bertz CT molecular complexity index is 1040. The number of hydrogen-bond acceptors (Lipinski definition) is 7. The molecule has 0 saturated heterocycles. The normalized spacial score (nSPS) is 11.2. The fourth-order valence-corrected chi connectivity index (χ4v) is 3.48. The van der Waals surface area contributed by atoms with Crippen molar-refractivity contribution >= 4 is 38.9 Å². The van der Waals surface area contributed by atoms with E-state index in [1.54, 1.807) is 36.7 Å². The molecule has 28 heavy (non-hydrogen) atoms. The molecule has 3 rings (SSSR count). The molecular weight excluding hydrogens is 407 g/mol. The molecular formula is C17H16ClFN6O2S. The van der Waals surface area contributed by atoms with Gasteiger partial charge in [-0.15, -0.1) is 10.2 Å².